The van der Waals surface area contributed by atoms with Crippen LogP contribution in [0.25, 0.3) is 0 Å². The summed E-state index contributed by atoms with van der Waals surface area (Å²) in [5.41, 5.74) is 2.90. The molecule has 22 heavy (non-hydrogen) atoms. The molecule has 1 nitrogen and oxygen atoms in total. The molecule has 0 aromatic heterocycles. The highest BCUT2D eigenvalue weighted by Gasteiger charge is 2.08. The maximum Gasteiger partial charge on any atom is 0.00733 e. The Balaban J connectivity index is 1.82. The molecule has 1 heteroatoms. The van der Waals surface area contributed by atoms with Gasteiger partial charge in [-0.25, -0.2) is 0 Å². The van der Waals surface area contributed by atoms with Gasteiger partial charge in [-0.05, 0) is 49.8 Å². The van der Waals surface area contributed by atoms with Crippen molar-refractivity contribution in [2.24, 2.45) is 0 Å². The molecule has 0 fully saturated rings. The van der Waals surface area contributed by atoms with Gasteiger partial charge in [0.2, 0.25) is 0 Å². The first-order valence-corrected chi connectivity index (χ1v) is 8.69. The van der Waals surface area contributed by atoms with E-state index in [0.717, 1.165) is 6.54 Å². The smallest absolute Gasteiger partial charge is 0.00733 e. The number of hydrogen-bond donors (Lipinski definition) is 1. The van der Waals surface area contributed by atoms with Crippen LogP contribution < -0.4 is 5.32 Å². The van der Waals surface area contributed by atoms with E-state index in [9.17, 15) is 0 Å². The van der Waals surface area contributed by atoms with Gasteiger partial charge in [0.05, 0.1) is 0 Å². The quantitative estimate of drug-likeness (QED) is 0.607. The third kappa shape index (κ3) is 6.44. The lowest BCUT2D eigenvalue weighted by atomic mass is 9.99. The summed E-state index contributed by atoms with van der Waals surface area (Å²) in [5, 5.41) is 3.76. The SMILES string of the molecule is CCCCNC(CCc1ccccc1)CCc1ccccc1. The lowest BCUT2D eigenvalue weighted by molar-refractivity contribution is 0.447. The van der Waals surface area contributed by atoms with Crippen LogP contribution in [0.4, 0.5) is 0 Å². The molecule has 2 aromatic rings. The van der Waals surface area contributed by atoms with E-state index in [4.69, 9.17) is 0 Å². The lowest BCUT2D eigenvalue weighted by Crippen LogP contribution is -2.31. The summed E-state index contributed by atoms with van der Waals surface area (Å²) in [6, 6.07) is 22.3. The summed E-state index contributed by atoms with van der Waals surface area (Å²) in [4.78, 5) is 0. The van der Waals surface area contributed by atoms with E-state index in [0.29, 0.717) is 6.04 Å². The molecule has 0 saturated carbocycles. The van der Waals surface area contributed by atoms with E-state index in [1.165, 1.54) is 49.7 Å². The normalized spacial score (nSPS) is 11.0. The van der Waals surface area contributed by atoms with Crippen molar-refractivity contribution in [1.29, 1.82) is 0 Å². The number of hydrogen-bond acceptors (Lipinski definition) is 1. The fraction of sp³-hybridized carbons (Fsp3) is 0.429. The molecule has 0 amide bonds. The van der Waals surface area contributed by atoms with Gasteiger partial charge in [0.1, 0.15) is 0 Å². The molecule has 0 heterocycles. The fourth-order valence-corrected chi connectivity index (χ4v) is 2.80. The van der Waals surface area contributed by atoms with E-state index in [2.05, 4.69) is 72.9 Å². The molecule has 0 unspecified atom stereocenters. The van der Waals surface area contributed by atoms with Crippen LogP contribution in [0, 0.1) is 0 Å². The van der Waals surface area contributed by atoms with Gasteiger partial charge in [0, 0.05) is 6.04 Å². The standard InChI is InChI=1S/C21H29N/c1-2-3-18-22-21(16-14-19-10-6-4-7-11-19)17-15-20-12-8-5-9-13-20/h4-13,21-22H,2-3,14-18H2,1H3. The Morgan fingerprint density at radius 3 is 1.73 bits per heavy atom. The average Bonchev–Trinajstić information content (AvgIpc) is 2.59. The summed E-state index contributed by atoms with van der Waals surface area (Å²) >= 11 is 0. The Morgan fingerprint density at radius 1 is 0.773 bits per heavy atom. The van der Waals surface area contributed by atoms with E-state index in [1.54, 1.807) is 0 Å². The number of rotatable bonds is 10. The number of unbranched alkanes of at least 4 members (excludes halogenated alkanes) is 1. The predicted octanol–water partition coefficient (Wildman–Crippen LogP) is 5.01. The van der Waals surface area contributed by atoms with Gasteiger partial charge in [-0.2, -0.15) is 0 Å². The monoisotopic (exact) mass is 295 g/mol. The van der Waals surface area contributed by atoms with E-state index in [-0.39, 0.29) is 0 Å². The van der Waals surface area contributed by atoms with Crippen LogP contribution in [0.1, 0.15) is 43.7 Å². The molecule has 0 bridgehead atoms. The molecule has 118 valence electrons. The van der Waals surface area contributed by atoms with Crippen molar-refractivity contribution >= 4 is 0 Å². The Kier molecular flexibility index (Phi) is 7.76. The van der Waals surface area contributed by atoms with Gasteiger partial charge in [0.15, 0.2) is 0 Å². The maximum absolute atomic E-state index is 3.76. The lowest BCUT2D eigenvalue weighted by Gasteiger charge is -2.19. The summed E-state index contributed by atoms with van der Waals surface area (Å²) in [5.74, 6) is 0. The second-order valence-electron chi connectivity index (χ2n) is 6.05. The minimum absolute atomic E-state index is 0.618. The van der Waals surface area contributed by atoms with Crippen LogP contribution >= 0.6 is 0 Å². The van der Waals surface area contributed by atoms with Crippen molar-refractivity contribution in [3.05, 3.63) is 71.8 Å². The molecule has 2 aromatic carbocycles. The zero-order chi connectivity index (χ0) is 15.5. The van der Waals surface area contributed by atoms with Crippen LogP contribution in [0.15, 0.2) is 60.7 Å². The second-order valence-corrected chi connectivity index (χ2v) is 6.05. The molecule has 0 saturated heterocycles. The van der Waals surface area contributed by atoms with Gasteiger partial charge in [-0.15, -0.1) is 0 Å². The van der Waals surface area contributed by atoms with Crippen LogP contribution in [0.5, 0.6) is 0 Å². The third-order valence-electron chi connectivity index (χ3n) is 4.21. The third-order valence-corrected chi connectivity index (χ3v) is 4.21. The number of nitrogens with one attached hydrogen (secondary N) is 1. The molecule has 0 aliphatic rings. The molecule has 0 spiro atoms. The predicted molar refractivity (Wildman–Crippen MR) is 96.2 cm³/mol. The van der Waals surface area contributed by atoms with Gasteiger partial charge in [-0.1, -0.05) is 74.0 Å². The van der Waals surface area contributed by atoms with Crippen molar-refractivity contribution in [3.8, 4) is 0 Å². The number of benzene rings is 2. The van der Waals surface area contributed by atoms with Crippen molar-refractivity contribution < 1.29 is 0 Å². The first-order chi connectivity index (χ1) is 10.9. The minimum atomic E-state index is 0.618. The topological polar surface area (TPSA) is 12.0 Å². The molecule has 2 rings (SSSR count). The molecule has 0 atom stereocenters. The number of aryl methyl sites for hydroxylation is 2. The van der Waals surface area contributed by atoms with Gasteiger partial charge >= 0.3 is 0 Å². The Bertz CT molecular complexity index is 448. The molecule has 0 aliphatic carbocycles. The van der Waals surface area contributed by atoms with Crippen LogP contribution in [-0.2, 0) is 12.8 Å². The molecule has 0 radical (unpaired) electrons. The largest absolute Gasteiger partial charge is 0.314 e. The van der Waals surface area contributed by atoms with Crippen molar-refractivity contribution in [1.82, 2.24) is 5.32 Å². The first kappa shape index (κ1) is 16.8. The van der Waals surface area contributed by atoms with Gasteiger partial charge < -0.3 is 5.32 Å². The molecule has 0 aliphatic heterocycles. The fourth-order valence-electron chi connectivity index (χ4n) is 2.80. The van der Waals surface area contributed by atoms with Crippen LogP contribution in [-0.4, -0.2) is 12.6 Å². The maximum atomic E-state index is 3.76. The first-order valence-electron chi connectivity index (χ1n) is 8.69. The van der Waals surface area contributed by atoms with Gasteiger partial charge in [-0.3, -0.25) is 0 Å². The van der Waals surface area contributed by atoms with Gasteiger partial charge in [0.25, 0.3) is 0 Å². The Morgan fingerprint density at radius 2 is 1.27 bits per heavy atom. The highest BCUT2D eigenvalue weighted by Crippen LogP contribution is 2.11. The van der Waals surface area contributed by atoms with Crippen LogP contribution in [0.3, 0.4) is 0 Å². The second kappa shape index (κ2) is 10.2. The van der Waals surface area contributed by atoms with Crippen molar-refractivity contribution in [2.75, 3.05) is 6.54 Å². The van der Waals surface area contributed by atoms with Crippen LogP contribution in [0.2, 0.25) is 0 Å². The zero-order valence-corrected chi connectivity index (χ0v) is 13.8. The summed E-state index contributed by atoms with van der Waals surface area (Å²) in [7, 11) is 0. The van der Waals surface area contributed by atoms with Crippen molar-refractivity contribution in [3.63, 3.8) is 0 Å². The Hall–Kier alpha value is -1.60. The summed E-state index contributed by atoms with van der Waals surface area (Å²) in [6.07, 6.45) is 7.31. The Labute approximate surface area is 135 Å². The highest BCUT2D eigenvalue weighted by molar-refractivity contribution is 5.16. The summed E-state index contributed by atoms with van der Waals surface area (Å²) < 4.78 is 0. The highest BCUT2D eigenvalue weighted by atomic mass is 14.9. The van der Waals surface area contributed by atoms with Crippen molar-refractivity contribution in [2.45, 2.75) is 51.5 Å². The molecule has 1 N–H and O–H groups in total. The summed E-state index contributed by atoms with van der Waals surface area (Å²) in [6.45, 7) is 3.40. The minimum Gasteiger partial charge on any atom is -0.314 e. The molecular weight excluding hydrogens is 266 g/mol. The van der Waals surface area contributed by atoms with E-state index < -0.39 is 0 Å². The molecular formula is C21H29N. The van der Waals surface area contributed by atoms with E-state index in [1.807, 2.05) is 0 Å². The zero-order valence-electron chi connectivity index (χ0n) is 13.8. The van der Waals surface area contributed by atoms with E-state index >= 15 is 0 Å². The average molecular weight is 295 g/mol.